The molecule has 0 saturated carbocycles. The normalized spacial score (nSPS) is 13.9. The smallest absolute Gasteiger partial charge is 0.127 e. The number of rotatable bonds is 7. The van der Waals surface area contributed by atoms with Crippen molar-refractivity contribution in [1.29, 1.82) is 0 Å². The molecular weight excluding hydrogens is 314 g/mol. The molecule has 0 aliphatic heterocycles. The highest BCUT2D eigenvalue weighted by Crippen LogP contribution is 2.42. The first kappa shape index (κ1) is 21.8. The van der Waals surface area contributed by atoms with Crippen molar-refractivity contribution in [1.82, 2.24) is 5.32 Å². The molecule has 4 heteroatoms. The van der Waals surface area contributed by atoms with Crippen molar-refractivity contribution >= 4 is 0 Å². The van der Waals surface area contributed by atoms with E-state index in [4.69, 9.17) is 9.47 Å². The van der Waals surface area contributed by atoms with Gasteiger partial charge in [-0.3, -0.25) is 0 Å². The van der Waals surface area contributed by atoms with Crippen LogP contribution in [0.2, 0.25) is 0 Å². The Hall–Kier alpha value is -1.26. The third kappa shape index (κ3) is 6.52. The van der Waals surface area contributed by atoms with Crippen molar-refractivity contribution in [3.8, 4) is 11.5 Å². The summed E-state index contributed by atoms with van der Waals surface area (Å²) in [5, 5.41) is 13.5. The molecule has 0 aliphatic rings. The van der Waals surface area contributed by atoms with Crippen LogP contribution in [0.1, 0.15) is 66.5 Å². The van der Waals surface area contributed by atoms with E-state index in [1.165, 1.54) is 0 Å². The molecule has 1 rings (SSSR count). The first-order valence-electron chi connectivity index (χ1n) is 9.13. The number of nitrogens with one attached hydrogen (secondary N) is 1. The minimum Gasteiger partial charge on any atom is -0.497 e. The standard InChI is InChI=1S/C21H37NO3/c1-14(2)22-12-15(23)13-25-19-17(20(3,4)5)10-16(24-9)11-18(19)21(6,7)8/h10-11,14-15,22-23H,12-13H2,1-9H3. The van der Waals surface area contributed by atoms with E-state index in [1.807, 2.05) is 12.1 Å². The second-order valence-electron chi connectivity index (χ2n) is 9.08. The fraction of sp³-hybridized carbons (Fsp3) is 0.714. The molecule has 1 unspecified atom stereocenters. The number of aliphatic hydroxyl groups is 1. The van der Waals surface area contributed by atoms with Crippen LogP contribution in [-0.2, 0) is 10.8 Å². The second-order valence-corrected chi connectivity index (χ2v) is 9.08. The molecule has 1 aromatic rings. The topological polar surface area (TPSA) is 50.7 Å². The largest absolute Gasteiger partial charge is 0.497 e. The van der Waals surface area contributed by atoms with Gasteiger partial charge in [-0.05, 0) is 23.0 Å². The summed E-state index contributed by atoms with van der Waals surface area (Å²) >= 11 is 0. The quantitative estimate of drug-likeness (QED) is 0.779. The van der Waals surface area contributed by atoms with Gasteiger partial charge < -0.3 is 19.9 Å². The zero-order valence-electron chi connectivity index (χ0n) is 17.5. The number of hydrogen-bond donors (Lipinski definition) is 2. The molecule has 0 amide bonds. The van der Waals surface area contributed by atoms with Crippen molar-refractivity contribution in [3.63, 3.8) is 0 Å². The minimum absolute atomic E-state index is 0.0923. The molecule has 1 atom stereocenters. The van der Waals surface area contributed by atoms with Gasteiger partial charge in [0.05, 0.1) is 7.11 Å². The molecular formula is C21H37NO3. The first-order valence-corrected chi connectivity index (χ1v) is 9.13. The molecule has 0 radical (unpaired) electrons. The van der Waals surface area contributed by atoms with Gasteiger partial charge in [-0.15, -0.1) is 0 Å². The zero-order valence-corrected chi connectivity index (χ0v) is 17.5. The van der Waals surface area contributed by atoms with Crippen molar-refractivity contribution < 1.29 is 14.6 Å². The van der Waals surface area contributed by atoms with Crippen LogP contribution in [-0.4, -0.2) is 37.5 Å². The van der Waals surface area contributed by atoms with Crippen LogP contribution < -0.4 is 14.8 Å². The van der Waals surface area contributed by atoms with Crippen LogP contribution in [0.3, 0.4) is 0 Å². The fourth-order valence-corrected chi connectivity index (χ4v) is 2.60. The molecule has 0 fully saturated rings. The predicted molar refractivity (Wildman–Crippen MR) is 105 cm³/mol. The van der Waals surface area contributed by atoms with Crippen LogP contribution >= 0.6 is 0 Å². The fourth-order valence-electron chi connectivity index (χ4n) is 2.60. The maximum absolute atomic E-state index is 10.2. The number of aliphatic hydroxyl groups excluding tert-OH is 1. The third-order valence-electron chi connectivity index (χ3n) is 4.10. The lowest BCUT2D eigenvalue weighted by atomic mass is 9.79. The van der Waals surface area contributed by atoms with Gasteiger partial charge in [-0.1, -0.05) is 55.4 Å². The van der Waals surface area contributed by atoms with Crippen molar-refractivity contribution in [2.75, 3.05) is 20.3 Å². The average Bonchev–Trinajstić information content (AvgIpc) is 2.48. The molecule has 4 nitrogen and oxygen atoms in total. The van der Waals surface area contributed by atoms with Gasteiger partial charge in [0.2, 0.25) is 0 Å². The van der Waals surface area contributed by atoms with Crippen LogP contribution in [0, 0.1) is 0 Å². The lowest BCUT2D eigenvalue weighted by Gasteiger charge is -2.31. The predicted octanol–water partition coefficient (Wildman–Crippen LogP) is 4.03. The molecule has 1 aromatic carbocycles. The van der Waals surface area contributed by atoms with Crippen LogP contribution in [0.5, 0.6) is 11.5 Å². The Morgan fingerprint density at radius 3 is 1.84 bits per heavy atom. The van der Waals surface area contributed by atoms with Crippen LogP contribution in [0.25, 0.3) is 0 Å². The van der Waals surface area contributed by atoms with Crippen molar-refractivity contribution in [2.24, 2.45) is 0 Å². The van der Waals surface area contributed by atoms with E-state index in [2.05, 4.69) is 60.7 Å². The molecule has 0 aliphatic carbocycles. The van der Waals surface area contributed by atoms with Gasteiger partial charge in [-0.2, -0.15) is 0 Å². The zero-order chi connectivity index (χ0) is 19.4. The number of ether oxygens (including phenoxy) is 2. The maximum atomic E-state index is 10.2. The van der Waals surface area contributed by atoms with E-state index in [0.717, 1.165) is 22.6 Å². The highest BCUT2D eigenvalue weighted by atomic mass is 16.5. The van der Waals surface area contributed by atoms with Crippen molar-refractivity contribution in [2.45, 2.75) is 78.4 Å². The first-order chi connectivity index (χ1) is 11.4. The average molecular weight is 352 g/mol. The summed E-state index contributed by atoms with van der Waals surface area (Å²) in [6.07, 6.45) is -0.551. The third-order valence-corrected chi connectivity index (χ3v) is 4.10. The van der Waals surface area contributed by atoms with Gasteiger partial charge in [0, 0.05) is 23.7 Å². The van der Waals surface area contributed by atoms with Crippen LogP contribution in [0.4, 0.5) is 0 Å². The Kier molecular flexibility index (Phi) is 7.33. The Morgan fingerprint density at radius 1 is 1.00 bits per heavy atom. The number of methoxy groups -OCH3 is 1. The monoisotopic (exact) mass is 351 g/mol. The highest BCUT2D eigenvalue weighted by molar-refractivity contribution is 5.52. The highest BCUT2D eigenvalue weighted by Gasteiger charge is 2.28. The maximum Gasteiger partial charge on any atom is 0.127 e. The van der Waals surface area contributed by atoms with Gasteiger partial charge in [0.15, 0.2) is 0 Å². The molecule has 0 aromatic heterocycles. The minimum atomic E-state index is -0.551. The van der Waals surface area contributed by atoms with Crippen LogP contribution in [0.15, 0.2) is 12.1 Å². The molecule has 0 heterocycles. The summed E-state index contributed by atoms with van der Waals surface area (Å²) in [4.78, 5) is 0. The molecule has 0 spiro atoms. The Labute approximate surface area is 153 Å². The molecule has 144 valence electrons. The van der Waals surface area contributed by atoms with E-state index in [0.29, 0.717) is 12.6 Å². The van der Waals surface area contributed by atoms with Gasteiger partial charge in [-0.25, -0.2) is 0 Å². The summed E-state index contributed by atoms with van der Waals surface area (Å²) < 4.78 is 11.7. The summed E-state index contributed by atoms with van der Waals surface area (Å²) in [6, 6.07) is 4.43. The van der Waals surface area contributed by atoms with Crippen molar-refractivity contribution in [3.05, 3.63) is 23.3 Å². The number of benzene rings is 1. The summed E-state index contributed by atoms with van der Waals surface area (Å²) in [5.41, 5.74) is 2.01. The van der Waals surface area contributed by atoms with Gasteiger partial charge in [0.25, 0.3) is 0 Å². The molecule has 0 saturated heterocycles. The van der Waals surface area contributed by atoms with E-state index >= 15 is 0 Å². The Bertz CT molecular complexity index is 518. The number of hydrogen-bond acceptors (Lipinski definition) is 4. The summed E-state index contributed by atoms with van der Waals surface area (Å²) in [6.45, 7) is 17.9. The van der Waals surface area contributed by atoms with E-state index in [1.54, 1.807) is 7.11 Å². The Balaban J connectivity index is 3.21. The molecule has 0 bridgehead atoms. The Morgan fingerprint density at radius 2 is 1.48 bits per heavy atom. The lowest BCUT2D eigenvalue weighted by molar-refractivity contribution is 0.102. The molecule has 2 N–H and O–H groups in total. The summed E-state index contributed by atoms with van der Waals surface area (Å²) in [5.74, 6) is 1.70. The van der Waals surface area contributed by atoms with E-state index in [9.17, 15) is 5.11 Å². The lowest BCUT2D eigenvalue weighted by Crippen LogP contribution is -2.35. The second kappa shape index (κ2) is 8.41. The molecule has 25 heavy (non-hydrogen) atoms. The van der Waals surface area contributed by atoms with Gasteiger partial charge in [0.1, 0.15) is 24.2 Å². The SMILES string of the molecule is COc1cc(C(C)(C)C)c(OCC(O)CNC(C)C)c(C(C)(C)C)c1. The summed E-state index contributed by atoms with van der Waals surface area (Å²) in [7, 11) is 1.69. The van der Waals surface area contributed by atoms with Gasteiger partial charge >= 0.3 is 0 Å². The van der Waals surface area contributed by atoms with E-state index < -0.39 is 6.10 Å². The van der Waals surface area contributed by atoms with E-state index in [-0.39, 0.29) is 17.4 Å².